The van der Waals surface area contributed by atoms with Gasteiger partial charge in [-0.3, -0.25) is 0 Å². The molecule has 3 nitrogen and oxygen atoms in total. The molecule has 2 aromatic rings. The molecular formula is C12H14BrN3S. The number of nitrogens with one attached hydrogen (secondary N) is 1. The van der Waals surface area contributed by atoms with E-state index in [1.165, 1.54) is 4.88 Å². The van der Waals surface area contributed by atoms with Crippen LogP contribution >= 0.6 is 27.3 Å². The zero-order valence-electron chi connectivity index (χ0n) is 9.77. The summed E-state index contributed by atoms with van der Waals surface area (Å²) in [5.74, 6) is 2.11. The van der Waals surface area contributed by atoms with Gasteiger partial charge in [-0.05, 0) is 33.4 Å². The monoisotopic (exact) mass is 311 g/mol. The quantitative estimate of drug-likeness (QED) is 0.926. The van der Waals surface area contributed by atoms with E-state index in [2.05, 4.69) is 56.5 Å². The van der Waals surface area contributed by atoms with Crippen molar-refractivity contribution in [2.75, 3.05) is 5.32 Å². The minimum atomic E-state index is 0.352. The molecule has 1 N–H and O–H groups in total. The lowest BCUT2D eigenvalue weighted by Gasteiger charge is -2.07. The number of hydrogen-bond donors (Lipinski definition) is 1. The molecular weight excluding hydrogens is 298 g/mol. The van der Waals surface area contributed by atoms with Crippen molar-refractivity contribution in [1.29, 1.82) is 0 Å². The molecule has 0 aliphatic rings. The third kappa shape index (κ3) is 3.26. The maximum Gasteiger partial charge on any atom is 0.133 e. The van der Waals surface area contributed by atoms with Gasteiger partial charge in [-0.2, -0.15) is 0 Å². The maximum absolute atomic E-state index is 4.47. The van der Waals surface area contributed by atoms with E-state index in [-0.39, 0.29) is 0 Å². The van der Waals surface area contributed by atoms with Crippen molar-refractivity contribution in [1.82, 2.24) is 9.97 Å². The first-order chi connectivity index (χ1) is 8.16. The van der Waals surface area contributed by atoms with E-state index in [1.54, 1.807) is 17.5 Å². The Hall–Kier alpha value is -0.940. The van der Waals surface area contributed by atoms with Crippen LogP contribution in [0.1, 0.15) is 30.5 Å². The molecule has 0 atom stereocenters. The number of hydrogen-bond acceptors (Lipinski definition) is 4. The summed E-state index contributed by atoms with van der Waals surface area (Å²) >= 11 is 5.24. The topological polar surface area (TPSA) is 37.8 Å². The highest BCUT2D eigenvalue weighted by Gasteiger charge is 2.05. The zero-order chi connectivity index (χ0) is 12.3. The third-order valence-corrected chi connectivity index (χ3v) is 4.24. The Bertz CT molecular complexity index is 496. The Balaban J connectivity index is 2.04. The molecule has 0 unspecified atom stereocenters. The van der Waals surface area contributed by atoms with Crippen molar-refractivity contribution in [3.05, 3.63) is 38.9 Å². The van der Waals surface area contributed by atoms with Crippen molar-refractivity contribution >= 4 is 33.1 Å². The Morgan fingerprint density at radius 3 is 2.88 bits per heavy atom. The highest BCUT2D eigenvalue weighted by Crippen LogP contribution is 2.23. The predicted octanol–water partition coefficient (Wildman–Crippen LogP) is 4.04. The fraction of sp³-hybridized carbons (Fsp3) is 0.333. The molecule has 0 aliphatic carbocycles. The highest BCUT2D eigenvalue weighted by molar-refractivity contribution is 9.10. The molecule has 0 radical (unpaired) electrons. The van der Waals surface area contributed by atoms with Crippen LogP contribution < -0.4 is 5.32 Å². The molecule has 2 rings (SSSR count). The van der Waals surface area contributed by atoms with Gasteiger partial charge in [0, 0.05) is 21.5 Å². The Morgan fingerprint density at radius 2 is 2.24 bits per heavy atom. The molecule has 0 aliphatic heterocycles. The van der Waals surface area contributed by atoms with E-state index in [0.717, 1.165) is 22.7 Å². The van der Waals surface area contributed by atoms with E-state index in [4.69, 9.17) is 0 Å². The summed E-state index contributed by atoms with van der Waals surface area (Å²) in [6.07, 6.45) is 1.80. The van der Waals surface area contributed by atoms with E-state index >= 15 is 0 Å². The molecule has 0 saturated heterocycles. The van der Waals surface area contributed by atoms with Gasteiger partial charge in [-0.15, -0.1) is 11.3 Å². The third-order valence-electron chi connectivity index (χ3n) is 2.31. The second kappa shape index (κ2) is 5.60. The SMILES string of the molecule is CC(C)c1nccc(NCc2sccc2Br)n1. The second-order valence-corrected chi connectivity index (χ2v) is 5.86. The van der Waals surface area contributed by atoms with E-state index in [1.807, 2.05) is 6.07 Å². The highest BCUT2D eigenvalue weighted by atomic mass is 79.9. The number of anilines is 1. The van der Waals surface area contributed by atoms with Crippen LogP contribution in [-0.4, -0.2) is 9.97 Å². The summed E-state index contributed by atoms with van der Waals surface area (Å²) in [4.78, 5) is 9.99. The normalized spacial score (nSPS) is 10.8. The van der Waals surface area contributed by atoms with Gasteiger partial charge < -0.3 is 5.32 Å². The van der Waals surface area contributed by atoms with Gasteiger partial charge in [0.25, 0.3) is 0 Å². The molecule has 17 heavy (non-hydrogen) atoms. The van der Waals surface area contributed by atoms with Crippen LogP contribution in [0.3, 0.4) is 0 Å². The standard InChI is InChI=1S/C12H14BrN3S/c1-8(2)12-14-5-3-11(16-12)15-7-10-9(13)4-6-17-10/h3-6,8H,7H2,1-2H3,(H,14,15,16). The molecule has 90 valence electrons. The molecule has 0 aromatic carbocycles. The van der Waals surface area contributed by atoms with Crippen LogP contribution in [0.5, 0.6) is 0 Å². The van der Waals surface area contributed by atoms with E-state index in [0.29, 0.717) is 5.92 Å². The minimum absolute atomic E-state index is 0.352. The summed E-state index contributed by atoms with van der Waals surface area (Å²) in [6, 6.07) is 3.95. The predicted molar refractivity (Wildman–Crippen MR) is 75.5 cm³/mol. The van der Waals surface area contributed by atoms with Crippen molar-refractivity contribution in [3.8, 4) is 0 Å². The van der Waals surface area contributed by atoms with Crippen LogP contribution in [0.2, 0.25) is 0 Å². The van der Waals surface area contributed by atoms with Crippen LogP contribution in [-0.2, 0) is 6.54 Å². The average molecular weight is 312 g/mol. The van der Waals surface area contributed by atoms with E-state index < -0.39 is 0 Å². The van der Waals surface area contributed by atoms with Gasteiger partial charge in [0.2, 0.25) is 0 Å². The summed E-state index contributed by atoms with van der Waals surface area (Å²) in [5, 5.41) is 5.38. The van der Waals surface area contributed by atoms with Gasteiger partial charge in [-0.25, -0.2) is 9.97 Å². The summed E-state index contributed by atoms with van der Waals surface area (Å²) < 4.78 is 1.15. The minimum Gasteiger partial charge on any atom is -0.365 e. The Labute approximate surface area is 113 Å². The molecule has 2 heterocycles. The van der Waals surface area contributed by atoms with Crippen LogP contribution in [0.4, 0.5) is 5.82 Å². The largest absolute Gasteiger partial charge is 0.365 e. The van der Waals surface area contributed by atoms with Crippen molar-refractivity contribution in [2.45, 2.75) is 26.3 Å². The first-order valence-electron chi connectivity index (χ1n) is 5.45. The molecule has 2 aromatic heterocycles. The lowest BCUT2D eigenvalue weighted by Crippen LogP contribution is -2.04. The molecule has 0 bridgehead atoms. The van der Waals surface area contributed by atoms with Crippen LogP contribution in [0.25, 0.3) is 0 Å². The molecule has 0 amide bonds. The van der Waals surface area contributed by atoms with Gasteiger partial charge in [0.15, 0.2) is 0 Å². The lowest BCUT2D eigenvalue weighted by atomic mass is 10.2. The fourth-order valence-corrected chi connectivity index (χ4v) is 2.80. The maximum atomic E-state index is 4.47. The summed E-state index contributed by atoms with van der Waals surface area (Å²) in [7, 11) is 0. The number of thiophene rings is 1. The van der Waals surface area contributed by atoms with Crippen LogP contribution in [0.15, 0.2) is 28.2 Å². The Kier molecular flexibility index (Phi) is 4.12. The molecule has 0 fully saturated rings. The van der Waals surface area contributed by atoms with Crippen molar-refractivity contribution in [2.24, 2.45) is 0 Å². The molecule has 0 saturated carbocycles. The smallest absolute Gasteiger partial charge is 0.133 e. The van der Waals surface area contributed by atoms with E-state index in [9.17, 15) is 0 Å². The summed E-state index contributed by atoms with van der Waals surface area (Å²) in [6.45, 7) is 4.97. The van der Waals surface area contributed by atoms with Crippen molar-refractivity contribution in [3.63, 3.8) is 0 Å². The van der Waals surface area contributed by atoms with Gasteiger partial charge in [-0.1, -0.05) is 13.8 Å². The van der Waals surface area contributed by atoms with Gasteiger partial charge in [0.05, 0.1) is 6.54 Å². The number of aromatic nitrogens is 2. The first kappa shape index (κ1) is 12.5. The van der Waals surface area contributed by atoms with Gasteiger partial charge >= 0.3 is 0 Å². The number of halogens is 1. The second-order valence-electron chi connectivity index (χ2n) is 4.00. The molecule has 0 spiro atoms. The summed E-state index contributed by atoms with van der Waals surface area (Å²) in [5.41, 5.74) is 0. The molecule has 5 heteroatoms. The Morgan fingerprint density at radius 1 is 1.41 bits per heavy atom. The first-order valence-corrected chi connectivity index (χ1v) is 7.12. The zero-order valence-corrected chi connectivity index (χ0v) is 12.2. The lowest BCUT2D eigenvalue weighted by molar-refractivity contribution is 0.774. The number of nitrogens with zero attached hydrogens (tertiary/aromatic N) is 2. The average Bonchev–Trinajstić information content (AvgIpc) is 2.72. The van der Waals surface area contributed by atoms with Crippen molar-refractivity contribution < 1.29 is 0 Å². The van der Waals surface area contributed by atoms with Gasteiger partial charge in [0.1, 0.15) is 11.6 Å². The number of rotatable bonds is 4. The fourth-order valence-electron chi connectivity index (χ4n) is 1.37. The van der Waals surface area contributed by atoms with Crippen LogP contribution in [0, 0.1) is 0 Å².